The predicted octanol–water partition coefficient (Wildman–Crippen LogP) is 0.671. The Morgan fingerprint density at radius 3 is 2.90 bits per heavy atom. The van der Waals surface area contributed by atoms with E-state index in [2.05, 4.69) is 5.32 Å². The Balaban J connectivity index is 1.86. The van der Waals surface area contributed by atoms with Crippen LogP contribution in [-0.4, -0.2) is 40.8 Å². The number of carbonyl (C=O) groups is 2. The van der Waals surface area contributed by atoms with Crippen molar-refractivity contribution in [1.29, 1.82) is 0 Å². The van der Waals surface area contributed by atoms with Crippen molar-refractivity contribution in [2.75, 3.05) is 13.1 Å². The molecule has 0 bridgehead atoms. The lowest BCUT2D eigenvalue weighted by Crippen LogP contribution is -2.48. The van der Waals surface area contributed by atoms with Gasteiger partial charge in [0.1, 0.15) is 4.99 Å². The maximum absolute atomic E-state index is 12.7. The number of carbonyl (C=O) groups excluding carboxylic acids is 2. The van der Waals surface area contributed by atoms with E-state index < -0.39 is 0 Å². The van der Waals surface area contributed by atoms with Crippen LogP contribution in [0.5, 0.6) is 0 Å². The number of nitrogens with zero attached hydrogens (tertiary/aromatic N) is 1. The van der Waals surface area contributed by atoms with E-state index in [0.717, 1.165) is 12.8 Å². The van der Waals surface area contributed by atoms with E-state index in [1.807, 2.05) is 4.90 Å². The highest BCUT2D eigenvalue weighted by molar-refractivity contribution is 7.80. The molecule has 2 saturated heterocycles. The summed E-state index contributed by atoms with van der Waals surface area (Å²) >= 11 is 4.95. The highest BCUT2D eigenvalue weighted by atomic mass is 32.1. The molecule has 2 aliphatic heterocycles. The first-order valence-electron chi connectivity index (χ1n) is 7.06. The van der Waals surface area contributed by atoms with E-state index in [1.54, 1.807) is 24.3 Å². The SMILES string of the molecule is NC(=S)c1cccc(C(=O)N2CCCC3C(=O)NCC32)c1. The molecule has 0 spiro atoms. The van der Waals surface area contributed by atoms with Crippen LogP contribution in [0.1, 0.15) is 28.8 Å². The van der Waals surface area contributed by atoms with Gasteiger partial charge in [-0.05, 0) is 25.0 Å². The van der Waals surface area contributed by atoms with Gasteiger partial charge in [-0.2, -0.15) is 0 Å². The van der Waals surface area contributed by atoms with Crippen molar-refractivity contribution < 1.29 is 9.59 Å². The number of rotatable bonds is 2. The summed E-state index contributed by atoms with van der Waals surface area (Å²) in [6.07, 6.45) is 1.71. The standard InChI is InChI=1S/C15H17N3O2S/c16-13(21)9-3-1-4-10(7-9)15(20)18-6-2-5-11-12(18)8-17-14(11)19/h1,3-4,7,11-12H,2,5-6,8H2,(H2,16,21)(H,17,19). The summed E-state index contributed by atoms with van der Waals surface area (Å²) in [6, 6.07) is 7.02. The van der Waals surface area contributed by atoms with E-state index >= 15 is 0 Å². The van der Waals surface area contributed by atoms with Gasteiger partial charge in [-0.15, -0.1) is 0 Å². The molecule has 1 aromatic rings. The zero-order valence-electron chi connectivity index (χ0n) is 11.5. The van der Waals surface area contributed by atoms with Gasteiger partial charge in [0.25, 0.3) is 5.91 Å². The van der Waals surface area contributed by atoms with Crippen LogP contribution in [0.25, 0.3) is 0 Å². The predicted molar refractivity (Wildman–Crippen MR) is 82.9 cm³/mol. The molecule has 1 aromatic carbocycles. The van der Waals surface area contributed by atoms with Crippen LogP contribution in [0.4, 0.5) is 0 Å². The van der Waals surface area contributed by atoms with Gasteiger partial charge in [-0.3, -0.25) is 9.59 Å². The number of piperidine rings is 1. The average Bonchev–Trinajstić information content (AvgIpc) is 2.88. The second kappa shape index (κ2) is 5.44. The highest BCUT2D eigenvalue weighted by Gasteiger charge is 2.42. The smallest absolute Gasteiger partial charge is 0.254 e. The summed E-state index contributed by atoms with van der Waals surface area (Å²) in [7, 11) is 0. The third kappa shape index (κ3) is 2.51. The lowest BCUT2D eigenvalue weighted by atomic mass is 9.91. The summed E-state index contributed by atoms with van der Waals surface area (Å²) in [6.45, 7) is 1.23. The van der Waals surface area contributed by atoms with Crippen LogP contribution in [0.2, 0.25) is 0 Å². The second-order valence-electron chi connectivity index (χ2n) is 5.50. The number of thiocarbonyl (C=S) groups is 1. The zero-order valence-corrected chi connectivity index (χ0v) is 12.4. The number of amides is 2. The van der Waals surface area contributed by atoms with E-state index in [0.29, 0.717) is 24.2 Å². The van der Waals surface area contributed by atoms with Crippen LogP contribution < -0.4 is 11.1 Å². The van der Waals surface area contributed by atoms with E-state index in [4.69, 9.17) is 18.0 Å². The van der Waals surface area contributed by atoms with Gasteiger partial charge in [0, 0.05) is 24.2 Å². The summed E-state index contributed by atoms with van der Waals surface area (Å²) in [4.78, 5) is 26.6. The fraction of sp³-hybridized carbons (Fsp3) is 0.400. The molecular weight excluding hydrogens is 286 g/mol. The number of benzene rings is 1. The molecule has 0 aromatic heterocycles. The largest absolute Gasteiger partial charge is 0.389 e. The minimum atomic E-state index is -0.0681. The van der Waals surface area contributed by atoms with Crippen LogP contribution in [0.3, 0.4) is 0 Å². The molecule has 0 radical (unpaired) electrons. The van der Waals surface area contributed by atoms with Crippen molar-refractivity contribution in [2.24, 2.45) is 11.7 Å². The number of likely N-dealkylation sites (tertiary alicyclic amines) is 1. The minimum Gasteiger partial charge on any atom is -0.389 e. The molecule has 0 aliphatic carbocycles. The Labute approximate surface area is 128 Å². The fourth-order valence-corrected chi connectivity index (χ4v) is 3.30. The van der Waals surface area contributed by atoms with Crippen molar-refractivity contribution in [3.8, 4) is 0 Å². The Morgan fingerprint density at radius 1 is 1.38 bits per heavy atom. The monoisotopic (exact) mass is 303 g/mol. The van der Waals surface area contributed by atoms with E-state index in [1.165, 1.54) is 0 Å². The Bertz CT molecular complexity index is 617. The first-order chi connectivity index (χ1) is 10.1. The maximum Gasteiger partial charge on any atom is 0.254 e. The number of nitrogens with two attached hydrogens (primary N) is 1. The van der Waals surface area contributed by atoms with Crippen LogP contribution in [0, 0.1) is 5.92 Å². The van der Waals surface area contributed by atoms with Crippen molar-refractivity contribution in [2.45, 2.75) is 18.9 Å². The lowest BCUT2D eigenvalue weighted by molar-refractivity contribution is -0.123. The Kier molecular flexibility index (Phi) is 3.63. The molecule has 2 aliphatic rings. The van der Waals surface area contributed by atoms with E-state index in [9.17, 15) is 9.59 Å². The fourth-order valence-electron chi connectivity index (χ4n) is 3.17. The van der Waals surface area contributed by atoms with Crippen molar-refractivity contribution in [3.63, 3.8) is 0 Å². The highest BCUT2D eigenvalue weighted by Crippen LogP contribution is 2.28. The summed E-state index contributed by atoms with van der Waals surface area (Å²) in [5, 5.41) is 2.85. The Hall–Kier alpha value is -1.95. The molecule has 6 heteroatoms. The van der Waals surface area contributed by atoms with Gasteiger partial charge < -0.3 is 16.0 Å². The molecule has 3 rings (SSSR count). The van der Waals surface area contributed by atoms with Gasteiger partial charge in [0.2, 0.25) is 5.91 Å². The Morgan fingerprint density at radius 2 is 2.14 bits per heavy atom. The zero-order chi connectivity index (χ0) is 15.0. The van der Waals surface area contributed by atoms with Crippen molar-refractivity contribution >= 4 is 29.0 Å². The van der Waals surface area contributed by atoms with Crippen molar-refractivity contribution in [1.82, 2.24) is 10.2 Å². The molecular formula is C15H17N3O2S. The first-order valence-corrected chi connectivity index (χ1v) is 7.47. The molecule has 0 saturated carbocycles. The van der Waals surface area contributed by atoms with Crippen LogP contribution in [0.15, 0.2) is 24.3 Å². The van der Waals surface area contributed by atoms with Crippen LogP contribution in [-0.2, 0) is 4.79 Å². The maximum atomic E-state index is 12.7. The average molecular weight is 303 g/mol. The molecule has 3 N–H and O–H groups in total. The first kappa shape index (κ1) is 14.0. The topological polar surface area (TPSA) is 75.4 Å². The molecule has 2 amide bonds. The number of hydrogen-bond donors (Lipinski definition) is 2. The third-order valence-electron chi connectivity index (χ3n) is 4.26. The second-order valence-corrected chi connectivity index (χ2v) is 5.94. The van der Waals surface area contributed by atoms with Gasteiger partial charge in [-0.25, -0.2) is 0 Å². The number of nitrogens with one attached hydrogen (secondary N) is 1. The quantitative estimate of drug-likeness (QED) is 0.788. The summed E-state index contributed by atoms with van der Waals surface area (Å²) in [5.74, 6) is -0.0600. The number of fused-ring (bicyclic) bond motifs is 1. The molecule has 5 nitrogen and oxygen atoms in total. The number of hydrogen-bond acceptors (Lipinski definition) is 3. The molecule has 2 heterocycles. The molecule has 2 unspecified atom stereocenters. The van der Waals surface area contributed by atoms with Gasteiger partial charge >= 0.3 is 0 Å². The lowest BCUT2D eigenvalue weighted by Gasteiger charge is -2.36. The molecule has 2 fully saturated rings. The summed E-state index contributed by atoms with van der Waals surface area (Å²) < 4.78 is 0. The van der Waals surface area contributed by atoms with Gasteiger partial charge in [-0.1, -0.05) is 24.4 Å². The van der Waals surface area contributed by atoms with Gasteiger partial charge in [0.15, 0.2) is 0 Å². The molecule has 110 valence electrons. The van der Waals surface area contributed by atoms with Gasteiger partial charge in [0.05, 0.1) is 12.0 Å². The molecule has 2 atom stereocenters. The van der Waals surface area contributed by atoms with E-state index in [-0.39, 0.29) is 28.8 Å². The van der Waals surface area contributed by atoms with Crippen LogP contribution >= 0.6 is 12.2 Å². The molecule has 21 heavy (non-hydrogen) atoms. The summed E-state index contributed by atoms with van der Waals surface area (Å²) in [5.41, 5.74) is 6.87. The minimum absolute atomic E-state index is 0.0350. The normalized spacial score (nSPS) is 24.4. The third-order valence-corrected chi connectivity index (χ3v) is 4.49. The van der Waals surface area contributed by atoms with Crippen molar-refractivity contribution in [3.05, 3.63) is 35.4 Å².